The fourth-order valence-electron chi connectivity index (χ4n) is 2.81. The van der Waals surface area contributed by atoms with Gasteiger partial charge in [0.25, 0.3) is 5.91 Å². The minimum absolute atomic E-state index is 0.182. The zero-order valence-electron chi connectivity index (χ0n) is 16.0. The molecule has 0 saturated heterocycles. The number of nitrogens with one attached hydrogen (secondary N) is 1. The molecule has 0 heterocycles. The van der Waals surface area contributed by atoms with E-state index in [4.69, 9.17) is 27.9 Å². The first-order valence-electron chi connectivity index (χ1n) is 9.15. The summed E-state index contributed by atoms with van der Waals surface area (Å²) in [7, 11) is 0. The Labute approximate surface area is 175 Å². The van der Waals surface area contributed by atoms with Crippen LogP contribution < -0.4 is 10.1 Å². The van der Waals surface area contributed by atoms with Gasteiger partial charge < -0.3 is 15.0 Å². The van der Waals surface area contributed by atoms with Gasteiger partial charge in [0, 0.05) is 18.1 Å². The highest BCUT2D eigenvalue weighted by atomic mass is 35.5. The molecule has 0 aliphatic rings. The van der Waals surface area contributed by atoms with E-state index in [0.29, 0.717) is 35.3 Å². The molecule has 0 aliphatic heterocycles. The molecule has 0 unspecified atom stereocenters. The average molecular weight is 423 g/mol. The van der Waals surface area contributed by atoms with Crippen molar-refractivity contribution in [3.8, 4) is 5.75 Å². The zero-order chi connectivity index (χ0) is 20.5. The summed E-state index contributed by atoms with van der Waals surface area (Å²) < 4.78 is 5.59. The van der Waals surface area contributed by atoms with Crippen LogP contribution in [0.5, 0.6) is 5.75 Å². The molecule has 28 heavy (non-hydrogen) atoms. The highest BCUT2D eigenvalue weighted by Crippen LogP contribution is 2.27. The van der Waals surface area contributed by atoms with Crippen LogP contribution in [0.1, 0.15) is 25.8 Å². The second-order valence-electron chi connectivity index (χ2n) is 6.19. The van der Waals surface area contributed by atoms with Gasteiger partial charge in [-0.2, -0.15) is 0 Å². The summed E-state index contributed by atoms with van der Waals surface area (Å²) >= 11 is 12.0. The molecule has 1 N–H and O–H groups in total. The lowest BCUT2D eigenvalue weighted by Gasteiger charge is -2.30. The summed E-state index contributed by atoms with van der Waals surface area (Å²) in [5.41, 5.74) is 0.933. The molecule has 1 atom stereocenters. The van der Waals surface area contributed by atoms with E-state index in [1.54, 1.807) is 23.1 Å². The van der Waals surface area contributed by atoms with E-state index in [0.717, 1.165) is 5.56 Å². The Balaban J connectivity index is 2.18. The molecule has 2 rings (SSSR count). The standard InChI is InChI=1S/C21H24Cl2N2O3/c1-3-18(21(27)24-4-2)25(13-15-8-6-5-7-9-15)20(26)14-28-19-11-10-16(22)12-17(19)23/h5-12,18H,3-4,13-14H2,1-2H3,(H,24,27)/t18-/m1/s1. The van der Waals surface area contributed by atoms with Crippen molar-refractivity contribution in [1.82, 2.24) is 10.2 Å². The third-order valence-electron chi connectivity index (χ3n) is 4.18. The van der Waals surface area contributed by atoms with Gasteiger partial charge in [-0.25, -0.2) is 0 Å². The maximum absolute atomic E-state index is 13.0. The lowest BCUT2D eigenvalue weighted by Crippen LogP contribution is -2.50. The summed E-state index contributed by atoms with van der Waals surface area (Å²) in [5, 5.41) is 3.61. The topological polar surface area (TPSA) is 58.6 Å². The van der Waals surface area contributed by atoms with Crippen LogP contribution in [0.25, 0.3) is 0 Å². The number of nitrogens with zero attached hydrogens (tertiary/aromatic N) is 1. The van der Waals surface area contributed by atoms with Crippen molar-refractivity contribution in [2.75, 3.05) is 13.2 Å². The highest BCUT2D eigenvalue weighted by Gasteiger charge is 2.28. The molecule has 0 fully saturated rings. The lowest BCUT2D eigenvalue weighted by atomic mass is 10.1. The van der Waals surface area contributed by atoms with Crippen molar-refractivity contribution >= 4 is 35.0 Å². The lowest BCUT2D eigenvalue weighted by molar-refractivity contribution is -0.142. The predicted molar refractivity (Wildman–Crippen MR) is 112 cm³/mol. The number of likely N-dealkylation sites (N-methyl/N-ethyl adjacent to an activating group) is 1. The van der Waals surface area contributed by atoms with E-state index in [-0.39, 0.29) is 18.4 Å². The zero-order valence-corrected chi connectivity index (χ0v) is 17.5. The number of halogens is 2. The number of hydrogen-bond donors (Lipinski definition) is 1. The molecule has 0 radical (unpaired) electrons. The summed E-state index contributed by atoms with van der Waals surface area (Å²) in [4.78, 5) is 27.0. The third kappa shape index (κ3) is 6.14. The normalized spacial score (nSPS) is 11.6. The number of carbonyl (C=O) groups is 2. The van der Waals surface area contributed by atoms with Gasteiger partial charge in [-0.15, -0.1) is 0 Å². The molecule has 0 aliphatic carbocycles. The second-order valence-corrected chi connectivity index (χ2v) is 7.03. The molecule has 0 bridgehead atoms. The minimum Gasteiger partial charge on any atom is -0.482 e. The monoisotopic (exact) mass is 422 g/mol. The fraction of sp³-hybridized carbons (Fsp3) is 0.333. The smallest absolute Gasteiger partial charge is 0.261 e. The Morgan fingerprint density at radius 2 is 1.82 bits per heavy atom. The van der Waals surface area contributed by atoms with E-state index in [1.807, 2.05) is 44.2 Å². The Morgan fingerprint density at radius 3 is 2.43 bits per heavy atom. The van der Waals surface area contributed by atoms with Gasteiger partial charge in [0.15, 0.2) is 6.61 Å². The Kier molecular flexibility index (Phi) is 8.61. The van der Waals surface area contributed by atoms with Gasteiger partial charge in [-0.3, -0.25) is 9.59 Å². The minimum atomic E-state index is -0.586. The van der Waals surface area contributed by atoms with E-state index >= 15 is 0 Å². The van der Waals surface area contributed by atoms with Gasteiger partial charge in [0.2, 0.25) is 5.91 Å². The predicted octanol–water partition coefficient (Wildman–Crippen LogP) is 4.32. The maximum atomic E-state index is 13.0. The van der Waals surface area contributed by atoms with Crippen molar-refractivity contribution in [1.29, 1.82) is 0 Å². The second kappa shape index (κ2) is 10.9. The van der Waals surface area contributed by atoms with Crippen LogP contribution in [0.3, 0.4) is 0 Å². The molecule has 2 aromatic rings. The molecule has 0 saturated carbocycles. The number of carbonyl (C=O) groups excluding carboxylic acids is 2. The Bertz CT molecular complexity index is 799. The fourth-order valence-corrected chi connectivity index (χ4v) is 3.27. The van der Waals surface area contributed by atoms with Crippen LogP contribution in [-0.4, -0.2) is 35.9 Å². The van der Waals surface area contributed by atoms with Crippen LogP contribution in [0.2, 0.25) is 10.0 Å². The summed E-state index contributed by atoms with van der Waals surface area (Å²) in [5.74, 6) is -0.114. The number of ether oxygens (including phenoxy) is 1. The average Bonchev–Trinajstić information content (AvgIpc) is 2.68. The van der Waals surface area contributed by atoms with Gasteiger partial charge in [-0.05, 0) is 37.1 Å². The summed E-state index contributed by atoms with van der Waals surface area (Å²) in [6.45, 7) is 4.30. The molecule has 0 spiro atoms. The molecule has 0 aromatic heterocycles. The van der Waals surface area contributed by atoms with Gasteiger partial charge in [-0.1, -0.05) is 60.5 Å². The van der Waals surface area contributed by atoms with E-state index in [9.17, 15) is 9.59 Å². The Hall–Kier alpha value is -2.24. The molecule has 2 amide bonds. The largest absolute Gasteiger partial charge is 0.482 e. The number of hydrogen-bond acceptors (Lipinski definition) is 3. The van der Waals surface area contributed by atoms with Crippen molar-refractivity contribution < 1.29 is 14.3 Å². The van der Waals surface area contributed by atoms with Crippen molar-refractivity contribution in [2.24, 2.45) is 0 Å². The van der Waals surface area contributed by atoms with Crippen LogP contribution >= 0.6 is 23.2 Å². The number of amides is 2. The summed E-state index contributed by atoms with van der Waals surface area (Å²) in [6, 6.07) is 13.8. The third-order valence-corrected chi connectivity index (χ3v) is 4.71. The van der Waals surface area contributed by atoms with Crippen LogP contribution in [0, 0.1) is 0 Å². The number of benzene rings is 2. The first-order chi connectivity index (χ1) is 13.5. The first-order valence-corrected chi connectivity index (χ1v) is 9.90. The van der Waals surface area contributed by atoms with Gasteiger partial charge in [0.1, 0.15) is 11.8 Å². The molecular formula is C21H24Cl2N2O3. The van der Waals surface area contributed by atoms with Crippen LogP contribution in [0.4, 0.5) is 0 Å². The van der Waals surface area contributed by atoms with E-state index in [1.165, 1.54) is 0 Å². The van der Waals surface area contributed by atoms with Crippen LogP contribution in [0.15, 0.2) is 48.5 Å². The molecule has 7 heteroatoms. The first kappa shape index (κ1) is 22.1. The molecule has 5 nitrogen and oxygen atoms in total. The van der Waals surface area contributed by atoms with Gasteiger partial charge >= 0.3 is 0 Å². The Morgan fingerprint density at radius 1 is 1.11 bits per heavy atom. The van der Waals surface area contributed by atoms with Gasteiger partial charge in [0.05, 0.1) is 5.02 Å². The molecule has 2 aromatic carbocycles. The highest BCUT2D eigenvalue weighted by molar-refractivity contribution is 6.35. The number of rotatable bonds is 9. The quantitative estimate of drug-likeness (QED) is 0.654. The summed E-state index contributed by atoms with van der Waals surface area (Å²) in [6.07, 6.45) is 0.492. The molecular weight excluding hydrogens is 399 g/mol. The van der Waals surface area contributed by atoms with Crippen molar-refractivity contribution in [3.63, 3.8) is 0 Å². The van der Waals surface area contributed by atoms with Crippen molar-refractivity contribution in [2.45, 2.75) is 32.9 Å². The SMILES string of the molecule is CCNC(=O)[C@@H](CC)N(Cc1ccccc1)C(=O)COc1ccc(Cl)cc1Cl. The van der Waals surface area contributed by atoms with Crippen molar-refractivity contribution in [3.05, 3.63) is 64.1 Å². The van der Waals surface area contributed by atoms with Crippen LogP contribution in [-0.2, 0) is 16.1 Å². The molecule has 150 valence electrons. The van der Waals surface area contributed by atoms with E-state index in [2.05, 4.69) is 5.32 Å². The van der Waals surface area contributed by atoms with E-state index < -0.39 is 6.04 Å². The maximum Gasteiger partial charge on any atom is 0.261 e.